The summed E-state index contributed by atoms with van der Waals surface area (Å²) in [6.07, 6.45) is -3.93. The van der Waals surface area contributed by atoms with Gasteiger partial charge in [-0.25, -0.2) is 23.5 Å². The number of carbonyl (C=O) groups excluding carboxylic acids is 1. The van der Waals surface area contributed by atoms with E-state index in [1.54, 1.807) is 52.0 Å². The molecule has 0 bridgehead atoms. The predicted octanol–water partition coefficient (Wildman–Crippen LogP) is 7.67. The molecule has 2 aromatic carbocycles. The Hall–Kier alpha value is -5.34. The quantitative estimate of drug-likeness (QED) is 0.175. The number of halogens is 5. The molecule has 1 aliphatic heterocycles. The molecule has 0 atom stereocenters. The first-order chi connectivity index (χ1) is 23.2. The third kappa shape index (κ3) is 7.25. The van der Waals surface area contributed by atoms with Crippen molar-refractivity contribution in [3.05, 3.63) is 88.9 Å². The third-order valence-corrected chi connectivity index (χ3v) is 7.63. The lowest BCUT2D eigenvalue weighted by atomic mass is 10.1. The van der Waals surface area contributed by atoms with Crippen LogP contribution in [0.15, 0.2) is 54.7 Å². The molecule has 0 saturated carbocycles. The lowest BCUT2D eigenvalue weighted by Crippen LogP contribution is -2.40. The number of amides is 1. The molecule has 0 aliphatic carbocycles. The molecule has 4 heterocycles. The standard InChI is InChI=1S/C34H32F5N7O3/c1-5-48-20-15-24(35)22(25(36)16-20)18-46-27-9-7-6-8-21(27)29(44-46)31-42-26-11-13-45(32(47)49-33(2,3)4)17-23(26)30(43-31)41-19-10-12-40-28(14-19)34(37,38)39/h6-10,12,14-16H,5,11,13,17-18H2,1-4H3,(H,40,41,42,43). The highest BCUT2D eigenvalue weighted by Gasteiger charge is 2.33. The number of hydrogen-bond donors (Lipinski definition) is 1. The lowest BCUT2D eigenvalue weighted by Gasteiger charge is -2.31. The highest BCUT2D eigenvalue weighted by Crippen LogP contribution is 2.35. The van der Waals surface area contributed by atoms with E-state index in [2.05, 4.69) is 15.4 Å². The second kappa shape index (κ2) is 12.9. The molecule has 10 nitrogen and oxygen atoms in total. The van der Waals surface area contributed by atoms with Gasteiger partial charge in [0.15, 0.2) is 5.82 Å². The molecule has 5 aromatic rings. The molecular weight excluding hydrogens is 649 g/mol. The number of para-hydroxylation sites is 1. The maximum atomic E-state index is 15.1. The Bertz CT molecular complexity index is 2020. The summed E-state index contributed by atoms with van der Waals surface area (Å²) in [4.78, 5) is 27.4. The van der Waals surface area contributed by atoms with Crippen LogP contribution in [0.3, 0.4) is 0 Å². The molecule has 0 unspecified atom stereocenters. The van der Waals surface area contributed by atoms with Gasteiger partial charge in [0.2, 0.25) is 0 Å². The van der Waals surface area contributed by atoms with Gasteiger partial charge in [-0.2, -0.15) is 18.3 Å². The van der Waals surface area contributed by atoms with Gasteiger partial charge in [-0.05, 0) is 45.9 Å². The van der Waals surface area contributed by atoms with Crippen molar-refractivity contribution in [3.8, 4) is 17.3 Å². The van der Waals surface area contributed by atoms with Crippen LogP contribution in [0.2, 0.25) is 0 Å². The number of ether oxygens (including phenoxy) is 2. The molecule has 0 spiro atoms. The molecule has 3 aromatic heterocycles. The molecule has 256 valence electrons. The fourth-order valence-electron chi connectivity index (χ4n) is 5.45. The zero-order chi connectivity index (χ0) is 35.1. The fraction of sp³-hybridized carbons (Fsp3) is 0.324. The van der Waals surface area contributed by atoms with Gasteiger partial charge in [0, 0.05) is 53.5 Å². The van der Waals surface area contributed by atoms with E-state index in [1.807, 2.05) is 0 Å². The van der Waals surface area contributed by atoms with Gasteiger partial charge in [-0.1, -0.05) is 18.2 Å². The normalized spacial score (nSPS) is 13.4. The Morgan fingerprint density at radius 3 is 2.45 bits per heavy atom. The van der Waals surface area contributed by atoms with Crippen LogP contribution in [-0.4, -0.2) is 54.5 Å². The maximum Gasteiger partial charge on any atom is 0.433 e. The molecule has 0 saturated heterocycles. The number of fused-ring (bicyclic) bond motifs is 2. The minimum Gasteiger partial charge on any atom is -0.494 e. The summed E-state index contributed by atoms with van der Waals surface area (Å²) in [5.74, 6) is -1.26. The van der Waals surface area contributed by atoms with E-state index in [1.165, 1.54) is 15.6 Å². The zero-order valence-corrected chi connectivity index (χ0v) is 27.0. The second-order valence-electron chi connectivity index (χ2n) is 12.3. The van der Waals surface area contributed by atoms with E-state index in [0.29, 0.717) is 22.2 Å². The van der Waals surface area contributed by atoms with Gasteiger partial charge in [0.1, 0.15) is 40.2 Å². The van der Waals surface area contributed by atoms with Crippen LogP contribution in [0.25, 0.3) is 22.4 Å². The number of benzene rings is 2. The molecule has 0 radical (unpaired) electrons. The Morgan fingerprint density at radius 2 is 1.76 bits per heavy atom. The largest absolute Gasteiger partial charge is 0.494 e. The summed E-state index contributed by atoms with van der Waals surface area (Å²) >= 11 is 0. The molecular formula is C34H32F5N7O3. The van der Waals surface area contributed by atoms with Crippen molar-refractivity contribution in [3.63, 3.8) is 0 Å². The number of nitrogens with zero attached hydrogens (tertiary/aromatic N) is 6. The molecule has 15 heteroatoms. The minimum absolute atomic E-state index is 0.0234. The average Bonchev–Trinajstić information content (AvgIpc) is 3.40. The van der Waals surface area contributed by atoms with Crippen LogP contribution in [0.1, 0.15) is 50.2 Å². The summed E-state index contributed by atoms with van der Waals surface area (Å²) in [6, 6.07) is 11.5. The zero-order valence-electron chi connectivity index (χ0n) is 27.0. The van der Waals surface area contributed by atoms with E-state index in [-0.39, 0.29) is 67.0 Å². The lowest BCUT2D eigenvalue weighted by molar-refractivity contribution is -0.141. The number of hydrogen-bond acceptors (Lipinski definition) is 8. The summed E-state index contributed by atoms with van der Waals surface area (Å²) in [5.41, 5.74) is -0.170. The molecule has 1 N–H and O–H groups in total. The Labute approximate surface area is 277 Å². The van der Waals surface area contributed by atoms with Gasteiger partial charge in [-0.15, -0.1) is 0 Å². The van der Waals surface area contributed by atoms with E-state index in [4.69, 9.17) is 19.4 Å². The monoisotopic (exact) mass is 681 g/mol. The Morgan fingerprint density at radius 1 is 1.02 bits per heavy atom. The van der Waals surface area contributed by atoms with E-state index >= 15 is 8.78 Å². The smallest absolute Gasteiger partial charge is 0.433 e. The van der Waals surface area contributed by atoms with Gasteiger partial charge in [0.25, 0.3) is 0 Å². The first kappa shape index (κ1) is 33.6. The second-order valence-corrected chi connectivity index (χ2v) is 12.3. The van der Waals surface area contributed by atoms with Crippen molar-refractivity contribution in [2.24, 2.45) is 0 Å². The first-order valence-electron chi connectivity index (χ1n) is 15.4. The number of nitrogens with one attached hydrogen (secondary N) is 1. The number of rotatable bonds is 7. The summed E-state index contributed by atoms with van der Waals surface area (Å²) in [6.45, 7) is 7.21. The SMILES string of the molecule is CCOc1cc(F)c(Cn2nc(-c3nc4c(c(Nc5ccnc(C(F)(F)F)c5)n3)CN(C(=O)OC(C)(C)C)CC4)c3ccccc32)c(F)c1. The Balaban J connectivity index is 1.44. The van der Waals surface area contributed by atoms with Crippen LogP contribution in [-0.2, 0) is 30.4 Å². The van der Waals surface area contributed by atoms with E-state index in [0.717, 1.165) is 24.4 Å². The highest BCUT2D eigenvalue weighted by atomic mass is 19.4. The van der Waals surface area contributed by atoms with Crippen molar-refractivity contribution in [1.29, 1.82) is 0 Å². The van der Waals surface area contributed by atoms with Crippen LogP contribution >= 0.6 is 0 Å². The van der Waals surface area contributed by atoms with Gasteiger partial charge in [0.05, 0.1) is 30.9 Å². The molecule has 0 fully saturated rings. The number of carbonyl (C=O) groups is 1. The third-order valence-electron chi connectivity index (χ3n) is 7.63. The fourth-order valence-corrected chi connectivity index (χ4v) is 5.45. The van der Waals surface area contributed by atoms with Gasteiger partial charge >= 0.3 is 12.3 Å². The Kier molecular flexibility index (Phi) is 8.86. The van der Waals surface area contributed by atoms with Crippen molar-refractivity contribution in [2.45, 2.75) is 59.0 Å². The number of alkyl halides is 3. The van der Waals surface area contributed by atoms with Crippen molar-refractivity contribution in [2.75, 3.05) is 18.5 Å². The van der Waals surface area contributed by atoms with Crippen LogP contribution in [0.5, 0.6) is 5.75 Å². The van der Waals surface area contributed by atoms with Crippen LogP contribution in [0, 0.1) is 11.6 Å². The number of aromatic nitrogens is 5. The van der Waals surface area contributed by atoms with Crippen molar-refractivity contribution in [1.82, 2.24) is 29.6 Å². The maximum absolute atomic E-state index is 15.1. The highest BCUT2D eigenvalue weighted by molar-refractivity contribution is 5.92. The predicted molar refractivity (Wildman–Crippen MR) is 170 cm³/mol. The average molecular weight is 682 g/mol. The minimum atomic E-state index is -4.69. The van der Waals surface area contributed by atoms with Crippen LogP contribution < -0.4 is 10.1 Å². The first-order valence-corrected chi connectivity index (χ1v) is 15.4. The van der Waals surface area contributed by atoms with Crippen LogP contribution in [0.4, 0.5) is 38.3 Å². The number of anilines is 2. The summed E-state index contributed by atoms with van der Waals surface area (Å²) in [7, 11) is 0. The van der Waals surface area contributed by atoms with Gasteiger partial charge < -0.3 is 19.7 Å². The van der Waals surface area contributed by atoms with E-state index < -0.39 is 35.2 Å². The van der Waals surface area contributed by atoms with E-state index in [9.17, 15) is 18.0 Å². The number of pyridine rings is 1. The van der Waals surface area contributed by atoms with Crippen molar-refractivity contribution >= 4 is 28.5 Å². The summed E-state index contributed by atoms with van der Waals surface area (Å²) in [5, 5.41) is 8.23. The molecule has 1 amide bonds. The van der Waals surface area contributed by atoms with Crippen molar-refractivity contribution < 1.29 is 36.2 Å². The molecule has 1 aliphatic rings. The topological polar surface area (TPSA) is 107 Å². The molecule has 6 rings (SSSR count). The van der Waals surface area contributed by atoms with Gasteiger partial charge in [-0.3, -0.25) is 9.67 Å². The molecule has 49 heavy (non-hydrogen) atoms. The summed E-state index contributed by atoms with van der Waals surface area (Å²) < 4.78 is 82.9.